The molecule has 0 aliphatic carbocycles. The van der Waals surface area contributed by atoms with E-state index in [2.05, 4.69) is 13.8 Å². The molecule has 0 aromatic heterocycles. The molecule has 1 N–H and O–H groups in total. The Morgan fingerprint density at radius 2 is 1.85 bits per heavy atom. The summed E-state index contributed by atoms with van der Waals surface area (Å²) in [6.07, 6.45) is 0.438. The lowest BCUT2D eigenvalue weighted by Gasteiger charge is -2.27. The number of nitrogens with zero attached hydrogens (tertiary/aromatic N) is 1. The smallest absolute Gasteiger partial charge is 0.294 e. The second-order valence-electron chi connectivity index (χ2n) is 8.64. The van der Waals surface area contributed by atoms with Crippen LogP contribution in [0, 0.1) is 10.1 Å². The van der Waals surface area contributed by atoms with E-state index in [1.165, 1.54) is 0 Å². The maximum Gasteiger partial charge on any atom is 0.294 e. The van der Waals surface area contributed by atoms with E-state index in [9.17, 15) is 23.1 Å². The molecule has 10 nitrogen and oxygen atoms in total. The molecule has 1 aliphatic heterocycles. The summed E-state index contributed by atoms with van der Waals surface area (Å²) < 4.78 is 55.6. The fraction of sp³-hybridized carbons (Fsp3) is 0.478. The van der Waals surface area contributed by atoms with Gasteiger partial charge in [-0.05, 0) is 53.1 Å². The fourth-order valence-electron chi connectivity index (χ4n) is 4.06. The van der Waals surface area contributed by atoms with Crippen molar-refractivity contribution in [3.05, 3.63) is 57.1 Å². The summed E-state index contributed by atoms with van der Waals surface area (Å²) in [5, 5.41) is 11.1. The normalized spacial score (nSPS) is 17.5. The SMILES string of the molecule is COc1cc2c(cc1OC)C(C)(C)CCOC2COCCc1cc([N+](=O)[O-])ccc1S(=O)(=O)O. The highest BCUT2D eigenvalue weighted by Gasteiger charge is 2.32. The molecule has 0 saturated heterocycles. The van der Waals surface area contributed by atoms with Crippen LogP contribution in [0.3, 0.4) is 0 Å². The molecule has 1 aliphatic rings. The lowest BCUT2D eigenvalue weighted by Crippen LogP contribution is -2.19. The van der Waals surface area contributed by atoms with Crippen molar-refractivity contribution in [1.29, 1.82) is 0 Å². The number of rotatable bonds is 9. The van der Waals surface area contributed by atoms with E-state index in [-0.39, 0.29) is 41.2 Å². The van der Waals surface area contributed by atoms with Crippen LogP contribution in [0.15, 0.2) is 35.2 Å². The van der Waals surface area contributed by atoms with Crippen molar-refractivity contribution in [3.8, 4) is 11.5 Å². The Hall–Kier alpha value is -2.73. The number of hydrogen-bond donors (Lipinski definition) is 1. The van der Waals surface area contributed by atoms with Gasteiger partial charge in [0.25, 0.3) is 15.8 Å². The van der Waals surface area contributed by atoms with E-state index in [1.54, 1.807) is 14.2 Å². The first-order valence-electron chi connectivity index (χ1n) is 10.7. The molecule has 1 heterocycles. The second kappa shape index (κ2) is 10.3. The number of nitro benzene ring substituents is 1. The van der Waals surface area contributed by atoms with Crippen LogP contribution >= 0.6 is 0 Å². The average molecular weight is 496 g/mol. The van der Waals surface area contributed by atoms with Gasteiger partial charge in [0, 0.05) is 18.7 Å². The van der Waals surface area contributed by atoms with Gasteiger partial charge >= 0.3 is 0 Å². The number of fused-ring (bicyclic) bond motifs is 1. The third-order valence-electron chi connectivity index (χ3n) is 6.00. The van der Waals surface area contributed by atoms with Gasteiger partial charge in [-0.25, -0.2) is 0 Å². The molecule has 11 heteroatoms. The molecule has 0 bridgehead atoms. The summed E-state index contributed by atoms with van der Waals surface area (Å²) in [5.74, 6) is 1.20. The monoisotopic (exact) mass is 495 g/mol. The molecule has 0 spiro atoms. The van der Waals surface area contributed by atoms with Crippen molar-refractivity contribution in [3.63, 3.8) is 0 Å². The Morgan fingerprint density at radius 1 is 1.18 bits per heavy atom. The molecule has 186 valence electrons. The highest BCUT2D eigenvalue weighted by Crippen LogP contribution is 2.43. The molecule has 0 fully saturated rings. The molecular weight excluding hydrogens is 466 g/mol. The van der Waals surface area contributed by atoms with Crippen molar-refractivity contribution in [2.45, 2.75) is 43.1 Å². The van der Waals surface area contributed by atoms with E-state index < -0.39 is 21.1 Å². The molecule has 3 rings (SSSR count). The van der Waals surface area contributed by atoms with Gasteiger partial charge in [-0.1, -0.05) is 13.8 Å². The second-order valence-corrected chi connectivity index (χ2v) is 10.0. The molecule has 1 atom stereocenters. The van der Waals surface area contributed by atoms with Gasteiger partial charge in [0.2, 0.25) is 0 Å². The van der Waals surface area contributed by atoms with Crippen LogP contribution in [0.25, 0.3) is 0 Å². The number of ether oxygens (including phenoxy) is 4. The molecule has 0 saturated carbocycles. The molecule has 2 aromatic rings. The topological polar surface area (TPSA) is 134 Å². The third kappa shape index (κ3) is 5.66. The van der Waals surface area contributed by atoms with Crippen LogP contribution in [0.2, 0.25) is 0 Å². The van der Waals surface area contributed by atoms with Gasteiger partial charge in [-0.15, -0.1) is 0 Å². The van der Waals surface area contributed by atoms with Gasteiger partial charge in [-0.2, -0.15) is 8.42 Å². The summed E-state index contributed by atoms with van der Waals surface area (Å²) in [6.45, 7) is 5.01. The minimum absolute atomic E-state index is 0.0494. The predicted octanol–water partition coefficient (Wildman–Crippen LogP) is 3.86. The molecular formula is C23H29NO9S. The van der Waals surface area contributed by atoms with Gasteiger partial charge < -0.3 is 18.9 Å². The highest BCUT2D eigenvalue weighted by atomic mass is 32.2. The zero-order chi connectivity index (χ0) is 25.1. The van der Waals surface area contributed by atoms with Crippen molar-refractivity contribution in [2.75, 3.05) is 34.0 Å². The Kier molecular flexibility index (Phi) is 7.81. The number of benzene rings is 2. The number of non-ortho nitro benzene ring substituents is 1. The van der Waals surface area contributed by atoms with Crippen molar-refractivity contribution < 1.29 is 36.8 Å². The van der Waals surface area contributed by atoms with E-state index in [1.807, 2.05) is 12.1 Å². The number of hydrogen-bond acceptors (Lipinski definition) is 8. The lowest BCUT2D eigenvalue weighted by molar-refractivity contribution is -0.385. The quantitative estimate of drug-likeness (QED) is 0.238. The van der Waals surface area contributed by atoms with E-state index in [0.29, 0.717) is 18.1 Å². The van der Waals surface area contributed by atoms with Crippen molar-refractivity contribution >= 4 is 15.8 Å². The minimum atomic E-state index is -4.53. The zero-order valence-corrected chi connectivity index (χ0v) is 20.4. The fourth-order valence-corrected chi connectivity index (χ4v) is 4.80. The Labute approximate surface area is 198 Å². The van der Waals surface area contributed by atoms with Gasteiger partial charge in [0.05, 0.1) is 37.3 Å². The van der Waals surface area contributed by atoms with Gasteiger partial charge in [0.15, 0.2) is 11.5 Å². The summed E-state index contributed by atoms with van der Waals surface area (Å²) in [7, 11) is -1.39. The van der Waals surface area contributed by atoms with Crippen LogP contribution in [0.4, 0.5) is 5.69 Å². The minimum Gasteiger partial charge on any atom is -0.493 e. The van der Waals surface area contributed by atoms with Crippen LogP contribution in [0.5, 0.6) is 11.5 Å². The Balaban J connectivity index is 1.80. The van der Waals surface area contributed by atoms with E-state index >= 15 is 0 Å². The summed E-state index contributed by atoms with van der Waals surface area (Å²) in [6, 6.07) is 7.02. The predicted molar refractivity (Wildman–Crippen MR) is 123 cm³/mol. The van der Waals surface area contributed by atoms with E-state index in [4.69, 9.17) is 18.9 Å². The number of nitro groups is 1. The first-order chi connectivity index (χ1) is 16.0. The first kappa shape index (κ1) is 25.9. The van der Waals surface area contributed by atoms with Crippen LogP contribution < -0.4 is 9.47 Å². The standard InChI is InChI=1S/C23H29NO9S/c1-23(2)8-10-33-21(17-12-19(30-3)20(31-4)13-18(17)23)14-32-9-7-15-11-16(24(25)26)5-6-22(15)34(27,28)29/h5-6,11-13,21H,7-10,14H2,1-4H3,(H,27,28,29). The maximum atomic E-state index is 11.7. The lowest BCUT2D eigenvalue weighted by atomic mass is 9.79. The molecule has 2 aromatic carbocycles. The highest BCUT2D eigenvalue weighted by molar-refractivity contribution is 7.85. The van der Waals surface area contributed by atoms with Crippen LogP contribution in [-0.2, 0) is 31.4 Å². The Bertz CT molecular complexity index is 1160. The molecule has 0 amide bonds. The van der Waals surface area contributed by atoms with Crippen LogP contribution in [-0.4, -0.2) is 51.9 Å². The third-order valence-corrected chi connectivity index (χ3v) is 6.95. The largest absolute Gasteiger partial charge is 0.493 e. The Morgan fingerprint density at radius 3 is 2.47 bits per heavy atom. The van der Waals surface area contributed by atoms with Gasteiger partial charge in [0.1, 0.15) is 6.10 Å². The summed E-state index contributed by atoms with van der Waals surface area (Å²) in [5.41, 5.74) is 1.63. The molecule has 0 radical (unpaired) electrons. The van der Waals surface area contributed by atoms with Crippen LogP contribution in [0.1, 0.15) is 43.1 Å². The molecule has 34 heavy (non-hydrogen) atoms. The maximum absolute atomic E-state index is 11.7. The van der Waals surface area contributed by atoms with Crippen molar-refractivity contribution in [2.24, 2.45) is 0 Å². The molecule has 1 unspecified atom stereocenters. The van der Waals surface area contributed by atoms with E-state index in [0.717, 1.165) is 35.7 Å². The summed E-state index contributed by atoms with van der Waals surface area (Å²) in [4.78, 5) is 10.1. The summed E-state index contributed by atoms with van der Waals surface area (Å²) >= 11 is 0. The van der Waals surface area contributed by atoms with Gasteiger partial charge in [-0.3, -0.25) is 14.7 Å². The first-order valence-corrected chi connectivity index (χ1v) is 12.1. The average Bonchev–Trinajstić information content (AvgIpc) is 2.90. The van der Waals surface area contributed by atoms with Crippen molar-refractivity contribution in [1.82, 2.24) is 0 Å². The number of methoxy groups -OCH3 is 2. The zero-order valence-electron chi connectivity index (χ0n) is 19.6.